The van der Waals surface area contributed by atoms with Crippen molar-refractivity contribution < 1.29 is 19.0 Å². The van der Waals surface area contributed by atoms with Crippen molar-refractivity contribution in [2.24, 2.45) is 0 Å². The number of carbonyl (C=O) groups is 1. The summed E-state index contributed by atoms with van der Waals surface area (Å²) >= 11 is 0. The molecule has 2 N–H and O–H groups in total. The van der Waals surface area contributed by atoms with Gasteiger partial charge in [0.1, 0.15) is 0 Å². The van der Waals surface area contributed by atoms with E-state index in [1.165, 1.54) is 24.1 Å². The molecule has 128 valence electrons. The van der Waals surface area contributed by atoms with Crippen molar-refractivity contribution in [3.05, 3.63) is 65.5 Å². The van der Waals surface area contributed by atoms with Crippen LogP contribution in [-0.2, 0) is 13.1 Å². The van der Waals surface area contributed by atoms with Crippen LogP contribution < -0.4 is 10.1 Å². The van der Waals surface area contributed by atoms with E-state index in [1.54, 1.807) is 6.07 Å². The van der Waals surface area contributed by atoms with Gasteiger partial charge >= 0.3 is 6.03 Å². The molecule has 0 aliphatic heterocycles. The first-order valence-corrected chi connectivity index (χ1v) is 7.64. The molecule has 6 heteroatoms. The third-order valence-electron chi connectivity index (χ3n) is 3.53. The zero-order valence-corrected chi connectivity index (χ0v) is 13.5. The first-order chi connectivity index (χ1) is 11.6. The van der Waals surface area contributed by atoms with Crippen molar-refractivity contribution in [1.29, 1.82) is 0 Å². The fraction of sp³-hybridized carbons (Fsp3) is 0.278. The van der Waals surface area contributed by atoms with Crippen LogP contribution in [0.4, 0.5) is 9.18 Å². The Morgan fingerprint density at radius 3 is 2.58 bits per heavy atom. The zero-order chi connectivity index (χ0) is 17.4. The van der Waals surface area contributed by atoms with Crippen molar-refractivity contribution in [3.63, 3.8) is 0 Å². The molecule has 0 atom stereocenters. The number of rotatable bonds is 7. The van der Waals surface area contributed by atoms with E-state index in [4.69, 9.17) is 9.84 Å². The standard InChI is InChI=1S/C18H21FN2O3/c1-24-17-8-7-15(11-16(17)19)12-20-18(23)21(9-10-22)13-14-5-3-2-4-6-14/h2-8,11,22H,9-10,12-13H2,1H3,(H,20,23). The number of hydrogen-bond donors (Lipinski definition) is 2. The Balaban J connectivity index is 1.96. The van der Waals surface area contributed by atoms with Crippen molar-refractivity contribution in [2.45, 2.75) is 13.1 Å². The van der Waals surface area contributed by atoms with Gasteiger partial charge < -0.3 is 20.1 Å². The highest BCUT2D eigenvalue weighted by atomic mass is 19.1. The number of ether oxygens (including phenoxy) is 1. The molecular weight excluding hydrogens is 311 g/mol. The third-order valence-corrected chi connectivity index (χ3v) is 3.53. The molecule has 0 aromatic heterocycles. The number of urea groups is 1. The quantitative estimate of drug-likeness (QED) is 0.819. The lowest BCUT2D eigenvalue weighted by atomic mass is 10.2. The second-order valence-corrected chi connectivity index (χ2v) is 5.26. The van der Waals surface area contributed by atoms with Gasteiger partial charge in [0.25, 0.3) is 0 Å². The minimum Gasteiger partial charge on any atom is -0.494 e. The van der Waals surface area contributed by atoms with E-state index in [0.29, 0.717) is 12.1 Å². The molecule has 2 aromatic rings. The first kappa shape index (κ1) is 17.7. The minimum atomic E-state index is -0.472. The second-order valence-electron chi connectivity index (χ2n) is 5.26. The van der Waals surface area contributed by atoms with E-state index in [0.717, 1.165) is 5.56 Å². The molecule has 0 aliphatic rings. The van der Waals surface area contributed by atoms with Crippen molar-refractivity contribution in [1.82, 2.24) is 10.2 Å². The van der Waals surface area contributed by atoms with E-state index in [-0.39, 0.29) is 31.5 Å². The molecule has 5 nitrogen and oxygen atoms in total. The van der Waals surface area contributed by atoms with Gasteiger partial charge in [-0.1, -0.05) is 36.4 Å². The Bertz CT molecular complexity index is 665. The number of benzene rings is 2. The number of halogens is 1. The number of nitrogens with one attached hydrogen (secondary N) is 1. The SMILES string of the molecule is COc1ccc(CNC(=O)N(CCO)Cc2ccccc2)cc1F. The number of nitrogens with zero attached hydrogens (tertiary/aromatic N) is 1. The molecule has 0 aliphatic carbocycles. The summed E-state index contributed by atoms with van der Waals surface area (Å²) < 4.78 is 18.5. The van der Waals surface area contributed by atoms with Gasteiger partial charge in [-0.25, -0.2) is 9.18 Å². The Morgan fingerprint density at radius 1 is 1.21 bits per heavy atom. The molecule has 24 heavy (non-hydrogen) atoms. The Labute approximate surface area is 140 Å². The monoisotopic (exact) mass is 332 g/mol. The molecule has 0 heterocycles. The number of hydrogen-bond acceptors (Lipinski definition) is 3. The van der Waals surface area contributed by atoms with Crippen LogP contribution in [0, 0.1) is 5.82 Å². The van der Waals surface area contributed by atoms with Crippen LogP contribution >= 0.6 is 0 Å². The van der Waals surface area contributed by atoms with Gasteiger partial charge in [0.15, 0.2) is 11.6 Å². The van der Waals surface area contributed by atoms with Crippen LogP contribution in [0.25, 0.3) is 0 Å². The summed E-state index contributed by atoms with van der Waals surface area (Å²) in [5.74, 6) is -0.309. The van der Waals surface area contributed by atoms with Crippen LogP contribution in [0.15, 0.2) is 48.5 Å². The normalized spacial score (nSPS) is 10.3. The summed E-state index contributed by atoms with van der Waals surface area (Å²) in [6, 6.07) is 13.7. The van der Waals surface area contributed by atoms with Gasteiger partial charge in [-0.05, 0) is 23.3 Å². The third kappa shape index (κ3) is 4.96. The Morgan fingerprint density at radius 2 is 1.96 bits per heavy atom. The molecule has 0 radical (unpaired) electrons. The first-order valence-electron chi connectivity index (χ1n) is 7.64. The lowest BCUT2D eigenvalue weighted by Crippen LogP contribution is -2.40. The smallest absolute Gasteiger partial charge is 0.318 e. The summed E-state index contributed by atoms with van der Waals surface area (Å²) in [4.78, 5) is 13.8. The van der Waals surface area contributed by atoms with E-state index < -0.39 is 5.82 Å². The molecule has 0 spiro atoms. The highest BCUT2D eigenvalue weighted by Crippen LogP contribution is 2.17. The van der Waals surface area contributed by atoms with Crippen LogP contribution in [0.2, 0.25) is 0 Å². The average Bonchev–Trinajstić information content (AvgIpc) is 2.60. The predicted octanol–water partition coefficient (Wildman–Crippen LogP) is 2.54. The molecule has 0 saturated carbocycles. The summed E-state index contributed by atoms with van der Waals surface area (Å²) in [5, 5.41) is 11.9. The molecule has 0 unspecified atom stereocenters. The lowest BCUT2D eigenvalue weighted by molar-refractivity contribution is 0.173. The lowest BCUT2D eigenvalue weighted by Gasteiger charge is -2.22. The van der Waals surface area contributed by atoms with Gasteiger partial charge in [0, 0.05) is 19.6 Å². The van der Waals surface area contributed by atoms with Crippen molar-refractivity contribution >= 4 is 6.03 Å². The average molecular weight is 332 g/mol. The predicted molar refractivity (Wildman–Crippen MR) is 89.1 cm³/mol. The van der Waals surface area contributed by atoms with Crippen molar-refractivity contribution in [2.75, 3.05) is 20.3 Å². The topological polar surface area (TPSA) is 61.8 Å². The Kier molecular flexibility index (Phi) is 6.57. The molecule has 2 rings (SSSR count). The van der Waals surface area contributed by atoms with Crippen LogP contribution in [0.1, 0.15) is 11.1 Å². The minimum absolute atomic E-state index is 0.128. The molecule has 2 aromatic carbocycles. The second kappa shape index (κ2) is 8.88. The summed E-state index contributed by atoms with van der Waals surface area (Å²) in [6.45, 7) is 0.676. The maximum atomic E-state index is 13.7. The van der Waals surface area contributed by atoms with E-state index in [1.807, 2.05) is 30.3 Å². The maximum Gasteiger partial charge on any atom is 0.318 e. The number of aliphatic hydroxyl groups excluding tert-OH is 1. The van der Waals surface area contributed by atoms with Gasteiger partial charge in [-0.3, -0.25) is 0 Å². The van der Waals surface area contributed by atoms with Gasteiger partial charge in [0.05, 0.1) is 13.7 Å². The highest BCUT2D eigenvalue weighted by molar-refractivity contribution is 5.74. The van der Waals surface area contributed by atoms with Crippen LogP contribution in [-0.4, -0.2) is 36.3 Å². The van der Waals surface area contributed by atoms with Crippen molar-refractivity contribution in [3.8, 4) is 5.75 Å². The maximum absolute atomic E-state index is 13.7. The number of carbonyl (C=O) groups excluding carboxylic acids is 1. The van der Waals surface area contributed by atoms with Gasteiger partial charge in [0.2, 0.25) is 0 Å². The van der Waals surface area contributed by atoms with Gasteiger partial charge in [-0.15, -0.1) is 0 Å². The van der Waals surface area contributed by atoms with E-state index >= 15 is 0 Å². The highest BCUT2D eigenvalue weighted by Gasteiger charge is 2.13. The summed E-state index contributed by atoms with van der Waals surface area (Å²) in [7, 11) is 1.40. The van der Waals surface area contributed by atoms with Crippen LogP contribution in [0.3, 0.4) is 0 Å². The van der Waals surface area contributed by atoms with E-state index in [2.05, 4.69) is 5.32 Å². The number of methoxy groups -OCH3 is 1. The molecule has 0 saturated heterocycles. The Hall–Kier alpha value is -2.60. The molecule has 2 amide bonds. The molecule has 0 fully saturated rings. The molecule has 0 bridgehead atoms. The fourth-order valence-electron chi connectivity index (χ4n) is 2.29. The largest absolute Gasteiger partial charge is 0.494 e. The summed E-state index contributed by atoms with van der Waals surface area (Å²) in [6.07, 6.45) is 0. The fourth-order valence-corrected chi connectivity index (χ4v) is 2.29. The summed E-state index contributed by atoms with van der Waals surface area (Å²) in [5.41, 5.74) is 1.60. The molecular formula is C18H21FN2O3. The van der Waals surface area contributed by atoms with Gasteiger partial charge in [-0.2, -0.15) is 0 Å². The zero-order valence-electron chi connectivity index (χ0n) is 13.5. The number of aliphatic hydroxyl groups is 1. The van der Waals surface area contributed by atoms with E-state index in [9.17, 15) is 9.18 Å². The van der Waals surface area contributed by atoms with Crippen LogP contribution in [0.5, 0.6) is 5.75 Å². The number of amides is 2.